The van der Waals surface area contributed by atoms with Gasteiger partial charge in [0.2, 0.25) is 5.91 Å². The number of amides is 1. The first-order valence-corrected chi connectivity index (χ1v) is 7.84. The zero-order valence-electron chi connectivity index (χ0n) is 14.0. The normalized spacial score (nSPS) is 9.76. The molecule has 1 amide bonds. The Kier molecular flexibility index (Phi) is 7.13. The maximum Gasteiger partial charge on any atom is 0.234 e. The summed E-state index contributed by atoms with van der Waals surface area (Å²) in [5.74, 6) is 1.69. The first kappa shape index (κ1) is 18.1. The molecule has 0 saturated heterocycles. The van der Waals surface area contributed by atoms with Gasteiger partial charge in [0, 0.05) is 12.1 Å². The molecule has 25 heavy (non-hydrogen) atoms. The highest BCUT2D eigenvalue weighted by atomic mass is 16.5. The lowest BCUT2D eigenvalue weighted by Gasteiger charge is -2.13. The standard InChI is InChI=1S/C19H20N2O4/c1-23-17-8-4-5-9-18(17)25-13-12-24-16-7-3-2-6-15(16)14-21-19(22)10-11-20/h2-9H,10,12-14H2,1H3,(H,21,22). The lowest BCUT2D eigenvalue weighted by atomic mass is 10.2. The predicted octanol–water partition coefficient (Wildman–Crippen LogP) is 2.68. The van der Waals surface area contributed by atoms with Crippen molar-refractivity contribution in [1.82, 2.24) is 5.32 Å². The fraction of sp³-hybridized carbons (Fsp3) is 0.263. The maximum absolute atomic E-state index is 11.4. The Labute approximate surface area is 146 Å². The number of ether oxygens (including phenoxy) is 3. The molecule has 2 aromatic carbocycles. The Bertz CT molecular complexity index is 740. The monoisotopic (exact) mass is 340 g/mol. The third kappa shape index (κ3) is 5.74. The van der Waals surface area contributed by atoms with Gasteiger partial charge >= 0.3 is 0 Å². The second-order valence-electron chi connectivity index (χ2n) is 5.07. The van der Waals surface area contributed by atoms with E-state index in [1.54, 1.807) is 7.11 Å². The first-order chi connectivity index (χ1) is 12.2. The average Bonchev–Trinajstić information content (AvgIpc) is 2.65. The molecule has 6 heteroatoms. The smallest absolute Gasteiger partial charge is 0.234 e. The summed E-state index contributed by atoms with van der Waals surface area (Å²) in [6.07, 6.45) is -0.157. The van der Waals surface area contributed by atoms with Crippen LogP contribution >= 0.6 is 0 Å². The third-order valence-electron chi connectivity index (χ3n) is 3.36. The Morgan fingerprint density at radius 2 is 1.60 bits per heavy atom. The minimum atomic E-state index is -0.309. The summed E-state index contributed by atoms with van der Waals surface area (Å²) in [6, 6.07) is 16.6. The lowest BCUT2D eigenvalue weighted by molar-refractivity contribution is -0.120. The van der Waals surface area contributed by atoms with E-state index in [0.29, 0.717) is 37.0 Å². The topological polar surface area (TPSA) is 80.6 Å². The van der Waals surface area contributed by atoms with E-state index in [4.69, 9.17) is 19.5 Å². The van der Waals surface area contributed by atoms with Crippen molar-refractivity contribution in [3.8, 4) is 23.3 Å². The van der Waals surface area contributed by atoms with Crippen LogP contribution in [0.1, 0.15) is 12.0 Å². The van der Waals surface area contributed by atoms with E-state index in [1.807, 2.05) is 54.6 Å². The number of methoxy groups -OCH3 is 1. The predicted molar refractivity (Wildman–Crippen MR) is 92.5 cm³/mol. The van der Waals surface area contributed by atoms with Gasteiger partial charge in [-0.15, -0.1) is 0 Å². The van der Waals surface area contributed by atoms with Crippen LogP contribution in [0.4, 0.5) is 0 Å². The van der Waals surface area contributed by atoms with E-state index < -0.39 is 0 Å². The van der Waals surface area contributed by atoms with E-state index in [9.17, 15) is 4.79 Å². The number of nitrogens with one attached hydrogen (secondary N) is 1. The molecule has 0 unspecified atom stereocenters. The minimum Gasteiger partial charge on any atom is -0.493 e. The second-order valence-corrected chi connectivity index (χ2v) is 5.07. The molecule has 0 atom stereocenters. The van der Waals surface area contributed by atoms with Crippen LogP contribution in [0.15, 0.2) is 48.5 Å². The summed E-state index contributed by atoms with van der Waals surface area (Å²) in [7, 11) is 1.59. The van der Waals surface area contributed by atoms with E-state index in [-0.39, 0.29) is 12.3 Å². The fourth-order valence-corrected chi connectivity index (χ4v) is 2.16. The molecular formula is C19H20N2O4. The van der Waals surface area contributed by atoms with Gasteiger partial charge in [-0.05, 0) is 18.2 Å². The van der Waals surface area contributed by atoms with Crippen molar-refractivity contribution >= 4 is 5.91 Å². The van der Waals surface area contributed by atoms with Crippen LogP contribution in [-0.2, 0) is 11.3 Å². The molecule has 0 aliphatic heterocycles. The largest absolute Gasteiger partial charge is 0.493 e. The van der Waals surface area contributed by atoms with Crippen molar-refractivity contribution in [1.29, 1.82) is 5.26 Å². The molecule has 0 fully saturated rings. The molecule has 0 heterocycles. The molecule has 0 radical (unpaired) electrons. The highest BCUT2D eigenvalue weighted by Gasteiger charge is 2.06. The highest BCUT2D eigenvalue weighted by molar-refractivity contribution is 5.78. The van der Waals surface area contributed by atoms with Crippen molar-refractivity contribution in [3.63, 3.8) is 0 Å². The Balaban J connectivity index is 1.84. The Morgan fingerprint density at radius 3 is 2.28 bits per heavy atom. The number of carbonyl (C=O) groups excluding carboxylic acids is 1. The number of hydrogen-bond donors (Lipinski definition) is 1. The second kappa shape index (κ2) is 9.83. The molecule has 1 N–H and O–H groups in total. The molecule has 130 valence electrons. The van der Waals surface area contributed by atoms with Gasteiger partial charge in [0.1, 0.15) is 25.4 Å². The van der Waals surface area contributed by atoms with Crippen LogP contribution in [0, 0.1) is 11.3 Å². The summed E-state index contributed by atoms with van der Waals surface area (Å²) >= 11 is 0. The molecule has 0 aromatic heterocycles. The summed E-state index contributed by atoms with van der Waals surface area (Å²) in [5.41, 5.74) is 0.839. The molecule has 2 rings (SSSR count). The lowest BCUT2D eigenvalue weighted by Crippen LogP contribution is -2.22. The molecule has 0 aliphatic carbocycles. The van der Waals surface area contributed by atoms with Gasteiger partial charge in [-0.3, -0.25) is 4.79 Å². The van der Waals surface area contributed by atoms with Crippen molar-refractivity contribution in [2.45, 2.75) is 13.0 Å². The van der Waals surface area contributed by atoms with E-state index in [0.717, 1.165) is 5.56 Å². The third-order valence-corrected chi connectivity index (χ3v) is 3.36. The summed E-state index contributed by atoms with van der Waals surface area (Å²) in [5, 5.41) is 11.2. The maximum atomic E-state index is 11.4. The molecular weight excluding hydrogens is 320 g/mol. The van der Waals surface area contributed by atoms with E-state index >= 15 is 0 Å². The molecule has 0 bridgehead atoms. The van der Waals surface area contributed by atoms with Gasteiger partial charge in [-0.25, -0.2) is 0 Å². The van der Waals surface area contributed by atoms with Crippen LogP contribution in [0.3, 0.4) is 0 Å². The number of benzene rings is 2. The zero-order valence-corrected chi connectivity index (χ0v) is 14.0. The van der Waals surface area contributed by atoms with E-state index in [1.165, 1.54) is 0 Å². The molecule has 0 saturated carbocycles. The Morgan fingerprint density at radius 1 is 1.00 bits per heavy atom. The fourth-order valence-electron chi connectivity index (χ4n) is 2.16. The summed E-state index contributed by atoms with van der Waals surface area (Å²) in [6.45, 7) is 1.01. The number of carbonyl (C=O) groups is 1. The van der Waals surface area contributed by atoms with Crippen LogP contribution in [0.5, 0.6) is 17.2 Å². The van der Waals surface area contributed by atoms with E-state index in [2.05, 4.69) is 5.32 Å². The molecule has 2 aromatic rings. The number of hydrogen-bond acceptors (Lipinski definition) is 5. The van der Waals surface area contributed by atoms with Gasteiger partial charge in [-0.2, -0.15) is 5.26 Å². The molecule has 0 spiro atoms. The van der Waals surface area contributed by atoms with Crippen LogP contribution < -0.4 is 19.5 Å². The highest BCUT2D eigenvalue weighted by Crippen LogP contribution is 2.25. The quantitative estimate of drug-likeness (QED) is 0.710. The minimum absolute atomic E-state index is 0.157. The van der Waals surface area contributed by atoms with Gasteiger partial charge in [0.25, 0.3) is 0 Å². The van der Waals surface area contributed by atoms with Crippen LogP contribution in [0.25, 0.3) is 0 Å². The zero-order chi connectivity index (χ0) is 17.9. The number of nitrogens with zero attached hydrogens (tertiary/aromatic N) is 1. The average molecular weight is 340 g/mol. The molecule has 6 nitrogen and oxygen atoms in total. The first-order valence-electron chi connectivity index (χ1n) is 7.84. The van der Waals surface area contributed by atoms with Gasteiger partial charge in [0.15, 0.2) is 11.5 Å². The van der Waals surface area contributed by atoms with Gasteiger partial charge in [-0.1, -0.05) is 30.3 Å². The van der Waals surface area contributed by atoms with Crippen molar-refractivity contribution in [2.75, 3.05) is 20.3 Å². The van der Waals surface area contributed by atoms with Crippen molar-refractivity contribution < 1.29 is 19.0 Å². The number of rotatable bonds is 9. The SMILES string of the molecule is COc1ccccc1OCCOc1ccccc1CNC(=O)CC#N. The van der Waals surface area contributed by atoms with Crippen molar-refractivity contribution in [2.24, 2.45) is 0 Å². The summed E-state index contributed by atoms with van der Waals surface area (Å²) < 4.78 is 16.6. The van der Waals surface area contributed by atoms with Crippen LogP contribution in [0.2, 0.25) is 0 Å². The van der Waals surface area contributed by atoms with Crippen LogP contribution in [-0.4, -0.2) is 26.2 Å². The number of para-hydroxylation sites is 3. The number of nitriles is 1. The summed E-state index contributed by atoms with van der Waals surface area (Å²) in [4.78, 5) is 11.4. The van der Waals surface area contributed by atoms with Gasteiger partial charge < -0.3 is 19.5 Å². The Hall–Kier alpha value is -3.20. The van der Waals surface area contributed by atoms with Crippen molar-refractivity contribution in [3.05, 3.63) is 54.1 Å². The van der Waals surface area contributed by atoms with Gasteiger partial charge in [0.05, 0.1) is 13.2 Å². The molecule has 0 aliphatic rings.